The lowest BCUT2D eigenvalue weighted by molar-refractivity contribution is 0.405. The summed E-state index contributed by atoms with van der Waals surface area (Å²) < 4.78 is 34.1. The summed E-state index contributed by atoms with van der Waals surface area (Å²) in [7, 11) is -2.06. The molecule has 2 aromatic carbocycles. The standard InChI is InChI=1S/C18H24N2O3S/c1-23-17-10-11-18(15-9-5-4-8-14(15)17)24(21,22)20-16(12-19)13-6-2-3-7-13/h4-5,8-11,13,16,20H,2-3,6-7,12,19H2,1H3. The fourth-order valence-electron chi connectivity index (χ4n) is 3.62. The van der Waals surface area contributed by atoms with Gasteiger partial charge in [-0.15, -0.1) is 0 Å². The minimum Gasteiger partial charge on any atom is -0.496 e. The molecule has 1 fully saturated rings. The zero-order valence-corrected chi connectivity index (χ0v) is 14.7. The summed E-state index contributed by atoms with van der Waals surface area (Å²) in [6.45, 7) is 0.317. The first-order valence-electron chi connectivity index (χ1n) is 8.35. The molecule has 0 saturated heterocycles. The quantitative estimate of drug-likeness (QED) is 0.841. The maximum absolute atomic E-state index is 13.0. The molecule has 1 aliphatic carbocycles. The number of benzene rings is 2. The summed E-state index contributed by atoms with van der Waals surface area (Å²) >= 11 is 0. The van der Waals surface area contributed by atoms with Crippen molar-refractivity contribution in [1.82, 2.24) is 4.72 Å². The molecule has 0 heterocycles. The van der Waals surface area contributed by atoms with E-state index in [0.29, 0.717) is 23.6 Å². The predicted octanol–water partition coefficient (Wildman–Crippen LogP) is 2.64. The molecule has 0 radical (unpaired) electrons. The van der Waals surface area contributed by atoms with Crippen molar-refractivity contribution in [2.24, 2.45) is 11.7 Å². The lowest BCUT2D eigenvalue weighted by atomic mass is 9.99. The van der Waals surface area contributed by atoms with Gasteiger partial charge in [-0.1, -0.05) is 37.1 Å². The van der Waals surface area contributed by atoms with Gasteiger partial charge in [0.05, 0.1) is 12.0 Å². The largest absolute Gasteiger partial charge is 0.496 e. The zero-order chi connectivity index (χ0) is 17.2. The van der Waals surface area contributed by atoms with Crippen LogP contribution in [0.4, 0.5) is 0 Å². The van der Waals surface area contributed by atoms with Gasteiger partial charge in [0, 0.05) is 23.4 Å². The monoisotopic (exact) mass is 348 g/mol. The molecule has 6 heteroatoms. The average Bonchev–Trinajstić information content (AvgIpc) is 3.13. The van der Waals surface area contributed by atoms with Crippen molar-refractivity contribution in [2.45, 2.75) is 36.6 Å². The van der Waals surface area contributed by atoms with Crippen molar-refractivity contribution in [3.8, 4) is 5.75 Å². The molecule has 1 unspecified atom stereocenters. The highest BCUT2D eigenvalue weighted by molar-refractivity contribution is 7.89. The number of hydrogen-bond acceptors (Lipinski definition) is 4. The van der Waals surface area contributed by atoms with E-state index in [1.807, 2.05) is 18.2 Å². The van der Waals surface area contributed by atoms with Gasteiger partial charge < -0.3 is 10.5 Å². The molecular formula is C18H24N2O3S. The van der Waals surface area contributed by atoms with E-state index < -0.39 is 10.0 Å². The Labute approximate surface area is 143 Å². The lowest BCUT2D eigenvalue weighted by Crippen LogP contribution is -2.44. The summed E-state index contributed by atoms with van der Waals surface area (Å²) in [5.74, 6) is 0.991. The molecule has 1 saturated carbocycles. The lowest BCUT2D eigenvalue weighted by Gasteiger charge is -2.23. The molecule has 0 aromatic heterocycles. The third-order valence-corrected chi connectivity index (χ3v) is 6.43. The van der Waals surface area contributed by atoms with Crippen molar-refractivity contribution in [3.05, 3.63) is 36.4 Å². The number of nitrogens with two attached hydrogens (primary N) is 1. The maximum atomic E-state index is 13.0. The van der Waals surface area contributed by atoms with Gasteiger partial charge in [-0.2, -0.15) is 0 Å². The summed E-state index contributed by atoms with van der Waals surface area (Å²) in [5.41, 5.74) is 5.85. The number of ether oxygens (including phenoxy) is 1. The highest BCUT2D eigenvalue weighted by atomic mass is 32.2. The van der Waals surface area contributed by atoms with Crippen molar-refractivity contribution < 1.29 is 13.2 Å². The highest BCUT2D eigenvalue weighted by Crippen LogP contribution is 2.32. The third-order valence-electron chi connectivity index (χ3n) is 4.88. The molecular weight excluding hydrogens is 324 g/mol. The van der Waals surface area contributed by atoms with E-state index in [1.165, 1.54) is 0 Å². The van der Waals surface area contributed by atoms with E-state index >= 15 is 0 Å². The minimum absolute atomic E-state index is 0.210. The Balaban J connectivity index is 1.99. The Kier molecular flexibility index (Phi) is 5.08. The smallest absolute Gasteiger partial charge is 0.241 e. The van der Waals surface area contributed by atoms with Crippen LogP contribution in [0, 0.1) is 5.92 Å². The van der Waals surface area contributed by atoms with Crippen LogP contribution in [-0.4, -0.2) is 28.1 Å². The van der Waals surface area contributed by atoms with Gasteiger partial charge in [-0.3, -0.25) is 0 Å². The molecule has 2 aromatic rings. The summed E-state index contributed by atoms with van der Waals surface area (Å²) in [6.07, 6.45) is 4.37. The number of nitrogens with one attached hydrogen (secondary N) is 1. The van der Waals surface area contributed by atoms with Crippen LogP contribution in [0.3, 0.4) is 0 Å². The van der Waals surface area contributed by atoms with Crippen molar-refractivity contribution >= 4 is 20.8 Å². The van der Waals surface area contributed by atoms with Crippen molar-refractivity contribution in [2.75, 3.05) is 13.7 Å². The fraction of sp³-hybridized carbons (Fsp3) is 0.444. The zero-order valence-electron chi connectivity index (χ0n) is 13.9. The van der Waals surface area contributed by atoms with E-state index in [9.17, 15) is 8.42 Å². The molecule has 0 spiro atoms. The summed E-state index contributed by atoms with van der Waals surface area (Å²) in [6, 6.07) is 10.5. The molecule has 0 bridgehead atoms. The van der Waals surface area contributed by atoms with E-state index in [2.05, 4.69) is 4.72 Å². The van der Waals surface area contributed by atoms with E-state index in [4.69, 9.17) is 10.5 Å². The summed E-state index contributed by atoms with van der Waals surface area (Å²) in [4.78, 5) is 0.273. The second-order valence-electron chi connectivity index (χ2n) is 6.32. The fourth-order valence-corrected chi connectivity index (χ4v) is 5.14. The highest BCUT2D eigenvalue weighted by Gasteiger charge is 2.29. The number of rotatable bonds is 6. The Morgan fingerprint density at radius 2 is 1.83 bits per heavy atom. The first kappa shape index (κ1) is 17.2. The van der Waals surface area contributed by atoms with E-state index in [-0.39, 0.29) is 10.9 Å². The maximum Gasteiger partial charge on any atom is 0.241 e. The molecule has 0 aliphatic heterocycles. The Hall–Kier alpha value is -1.63. The molecule has 24 heavy (non-hydrogen) atoms. The Morgan fingerprint density at radius 3 is 2.46 bits per heavy atom. The topological polar surface area (TPSA) is 81.4 Å². The van der Waals surface area contributed by atoms with E-state index in [1.54, 1.807) is 25.3 Å². The normalized spacial score (nSPS) is 17.2. The van der Waals surface area contributed by atoms with Gasteiger partial charge in [0.1, 0.15) is 5.75 Å². The second-order valence-corrected chi connectivity index (χ2v) is 8.00. The Bertz CT molecular complexity index is 814. The van der Waals surface area contributed by atoms with Gasteiger partial charge in [0.25, 0.3) is 0 Å². The van der Waals surface area contributed by atoms with Gasteiger partial charge in [0.15, 0.2) is 0 Å². The van der Waals surface area contributed by atoms with Crippen molar-refractivity contribution in [1.29, 1.82) is 0 Å². The molecule has 1 aliphatic rings. The number of sulfonamides is 1. The van der Waals surface area contributed by atoms with Gasteiger partial charge in [-0.25, -0.2) is 13.1 Å². The number of methoxy groups -OCH3 is 1. The Morgan fingerprint density at radius 1 is 1.17 bits per heavy atom. The molecule has 130 valence electrons. The third kappa shape index (κ3) is 3.27. The van der Waals surface area contributed by atoms with Crippen LogP contribution in [0.15, 0.2) is 41.3 Å². The number of hydrogen-bond donors (Lipinski definition) is 2. The van der Waals surface area contributed by atoms with Gasteiger partial charge in [0.2, 0.25) is 10.0 Å². The van der Waals surface area contributed by atoms with Gasteiger partial charge >= 0.3 is 0 Å². The predicted molar refractivity (Wildman–Crippen MR) is 95.6 cm³/mol. The van der Waals surface area contributed by atoms with Crippen molar-refractivity contribution in [3.63, 3.8) is 0 Å². The minimum atomic E-state index is -3.65. The number of fused-ring (bicyclic) bond motifs is 1. The molecule has 3 rings (SSSR count). The van der Waals surface area contributed by atoms with Crippen LogP contribution < -0.4 is 15.2 Å². The first-order chi connectivity index (χ1) is 11.6. The molecule has 3 N–H and O–H groups in total. The van der Waals surface area contributed by atoms with Crippen LogP contribution in [0.25, 0.3) is 10.8 Å². The first-order valence-corrected chi connectivity index (χ1v) is 9.83. The molecule has 1 atom stereocenters. The van der Waals surface area contributed by atoms with E-state index in [0.717, 1.165) is 31.1 Å². The van der Waals surface area contributed by atoms with Crippen LogP contribution in [0.5, 0.6) is 5.75 Å². The average molecular weight is 348 g/mol. The van der Waals surface area contributed by atoms with Crippen LogP contribution in [0.2, 0.25) is 0 Å². The second kappa shape index (κ2) is 7.09. The van der Waals surface area contributed by atoms with Crippen LogP contribution in [-0.2, 0) is 10.0 Å². The summed E-state index contributed by atoms with van der Waals surface area (Å²) in [5, 5.41) is 1.44. The molecule has 5 nitrogen and oxygen atoms in total. The van der Waals surface area contributed by atoms with Gasteiger partial charge in [-0.05, 0) is 30.9 Å². The molecule has 0 amide bonds. The van der Waals surface area contributed by atoms with Crippen LogP contribution in [0.1, 0.15) is 25.7 Å². The SMILES string of the molecule is COc1ccc(S(=O)(=O)NC(CN)C2CCCC2)c2ccccc12. The van der Waals surface area contributed by atoms with Crippen LogP contribution >= 0.6 is 0 Å².